The molecule has 0 atom stereocenters. The van der Waals surface area contributed by atoms with E-state index >= 15 is 0 Å². The fraction of sp³-hybridized carbons (Fsp3) is 0.0556. The van der Waals surface area contributed by atoms with Crippen molar-refractivity contribution in [1.82, 2.24) is 4.98 Å². The average Bonchev–Trinajstić information content (AvgIpc) is 3.07. The first-order valence-corrected chi connectivity index (χ1v) is 18.0. The van der Waals surface area contributed by atoms with Gasteiger partial charge in [0.05, 0.1) is 18.0 Å². The highest BCUT2D eigenvalue weighted by Gasteiger charge is 2.28. The van der Waals surface area contributed by atoms with E-state index in [9.17, 15) is 25.9 Å². The smallest absolute Gasteiger partial charge is 0.296 e. The third kappa shape index (κ3) is 6.23. The third-order valence-corrected chi connectivity index (χ3v) is 9.70. The number of anilines is 4. The average molecular weight is 694 g/mol. The SMILES string of the molecule is CCOc1cccc(Nc2cc3c(cc2S(=O)(=O)O)nc2c4cccc(S(=O)(=O)O)c4c(Nc4ccccc4)cc2[n+]3-c2ccccc2)c1. The van der Waals surface area contributed by atoms with Crippen LogP contribution in [0.4, 0.5) is 22.7 Å². The first-order valence-electron chi connectivity index (χ1n) is 15.1. The number of nitrogens with zero attached hydrogens (tertiary/aromatic N) is 2. The lowest BCUT2D eigenvalue weighted by Crippen LogP contribution is -2.33. The van der Waals surface area contributed by atoms with Gasteiger partial charge >= 0.3 is 0 Å². The van der Waals surface area contributed by atoms with Crippen LogP contribution < -0.4 is 19.9 Å². The van der Waals surface area contributed by atoms with Gasteiger partial charge in [-0.15, -0.1) is 4.57 Å². The maximum atomic E-state index is 12.8. The van der Waals surface area contributed by atoms with Crippen molar-refractivity contribution in [1.29, 1.82) is 0 Å². The van der Waals surface area contributed by atoms with E-state index in [1.165, 1.54) is 18.2 Å². The summed E-state index contributed by atoms with van der Waals surface area (Å²) in [5.74, 6) is 0.572. The van der Waals surface area contributed by atoms with Crippen molar-refractivity contribution < 1.29 is 35.2 Å². The van der Waals surface area contributed by atoms with Gasteiger partial charge in [-0.05, 0) is 43.3 Å². The number of rotatable bonds is 9. The topological polar surface area (TPSA) is 159 Å². The molecule has 0 aliphatic heterocycles. The normalized spacial score (nSPS) is 12.0. The number of ether oxygens (including phenoxy) is 1. The van der Waals surface area contributed by atoms with Crippen LogP contribution in [0.25, 0.3) is 38.5 Å². The van der Waals surface area contributed by atoms with Crippen LogP contribution in [0.3, 0.4) is 0 Å². The minimum absolute atomic E-state index is 0.0894. The first-order chi connectivity index (χ1) is 23.5. The monoisotopic (exact) mass is 693 g/mol. The second-order valence-corrected chi connectivity index (χ2v) is 13.9. The van der Waals surface area contributed by atoms with Crippen LogP contribution in [0.5, 0.6) is 5.75 Å². The van der Waals surface area contributed by atoms with E-state index < -0.39 is 25.1 Å². The molecule has 0 aliphatic carbocycles. The number of para-hydroxylation sites is 2. The molecule has 1 aromatic heterocycles. The molecule has 49 heavy (non-hydrogen) atoms. The summed E-state index contributed by atoms with van der Waals surface area (Å²) in [6, 6.07) is 34.6. The summed E-state index contributed by atoms with van der Waals surface area (Å²) >= 11 is 0. The van der Waals surface area contributed by atoms with Crippen LogP contribution in [-0.4, -0.2) is 37.5 Å². The van der Waals surface area contributed by atoms with Gasteiger partial charge in [0.15, 0.2) is 0 Å². The number of benzene rings is 6. The van der Waals surface area contributed by atoms with Gasteiger partial charge in [0.25, 0.3) is 20.2 Å². The number of fused-ring (bicyclic) bond motifs is 4. The van der Waals surface area contributed by atoms with E-state index in [2.05, 4.69) is 10.6 Å². The Labute approximate surface area is 281 Å². The summed E-state index contributed by atoms with van der Waals surface area (Å²) in [5, 5.41) is 7.01. The van der Waals surface area contributed by atoms with Gasteiger partial charge in [0.2, 0.25) is 16.7 Å². The van der Waals surface area contributed by atoms with Crippen LogP contribution in [0, 0.1) is 0 Å². The van der Waals surface area contributed by atoms with Crippen molar-refractivity contribution in [2.75, 3.05) is 17.2 Å². The van der Waals surface area contributed by atoms with Gasteiger partial charge in [0.1, 0.15) is 26.6 Å². The number of aromatic nitrogens is 2. The predicted octanol–water partition coefficient (Wildman–Crippen LogP) is 7.20. The van der Waals surface area contributed by atoms with Gasteiger partial charge in [-0.25, -0.2) is 4.98 Å². The van der Waals surface area contributed by atoms with E-state index in [1.807, 2.05) is 72.2 Å². The molecule has 1 heterocycles. The molecule has 0 saturated carbocycles. The van der Waals surface area contributed by atoms with E-state index in [0.717, 1.165) is 0 Å². The minimum Gasteiger partial charge on any atom is -0.494 e. The summed E-state index contributed by atoms with van der Waals surface area (Å²) in [4.78, 5) is 4.13. The predicted molar refractivity (Wildman–Crippen MR) is 189 cm³/mol. The number of hydrogen-bond acceptors (Lipinski definition) is 8. The zero-order chi connectivity index (χ0) is 34.3. The lowest BCUT2D eigenvalue weighted by Gasteiger charge is -2.16. The third-order valence-electron chi connectivity index (χ3n) is 7.91. The van der Waals surface area contributed by atoms with Gasteiger partial charge in [-0.1, -0.05) is 54.6 Å². The Morgan fingerprint density at radius 3 is 2.00 bits per heavy atom. The van der Waals surface area contributed by atoms with Gasteiger partial charge in [0, 0.05) is 52.5 Å². The Morgan fingerprint density at radius 2 is 1.31 bits per heavy atom. The van der Waals surface area contributed by atoms with Crippen LogP contribution >= 0.6 is 0 Å². The van der Waals surface area contributed by atoms with E-state index in [0.29, 0.717) is 57.0 Å². The molecule has 0 bridgehead atoms. The molecule has 246 valence electrons. The van der Waals surface area contributed by atoms with E-state index in [4.69, 9.17) is 9.72 Å². The molecule has 13 heteroatoms. The molecule has 0 aliphatic rings. The highest BCUT2D eigenvalue weighted by atomic mass is 32.2. The van der Waals surface area contributed by atoms with Crippen LogP contribution in [0.1, 0.15) is 6.92 Å². The molecule has 7 aromatic rings. The molecular weight excluding hydrogens is 665 g/mol. The quantitative estimate of drug-likeness (QED) is 0.0527. The molecule has 4 N–H and O–H groups in total. The molecule has 0 unspecified atom stereocenters. The van der Waals surface area contributed by atoms with Gasteiger partial charge < -0.3 is 15.4 Å². The van der Waals surface area contributed by atoms with Crippen molar-refractivity contribution in [2.45, 2.75) is 16.7 Å². The molecule has 0 spiro atoms. The Bertz CT molecular complexity index is 2620. The van der Waals surface area contributed by atoms with Gasteiger partial charge in [-0.3, -0.25) is 9.11 Å². The fourth-order valence-corrected chi connectivity index (χ4v) is 7.31. The lowest BCUT2D eigenvalue weighted by molar-refractivity contribution is -0.538. The Balaban J connectivity index is 1.61. The summed E-state index contributed by atoms with van der Waals surface area (Å²) in [5.41, 5.74) is 3.90. The highest BCUT2D eigenvalue weighted by molar-refractivity contribution is 7.86. The largest absolute Gasteiger partial charge is 0.494 e. The maximum Gasteiger partial charge on any atom is 0.296 e. The summed E-state index contributed by atoms with van der Waals surface area (Å²) in [7, 11) is -9.46. The summed E-state index contributed by atoms with van der Waals surface area (Å²) in [6.07, 6.45) is 0. The van der Waals surface area contributed by atoms with E-state index in [1.54, 1.807) is 42.5 Å². The summed E-state index contributed by atoms with van der Waals surface area (Å²) in [6.45, 7) is 2.29. The number of hydrogen-bond donors (Lipinski definition) is 4. The Morgan fingerprint density at radius 1 is 0.673 bits per heavy atom. The second-order valence-electron chi connectivity index (χ2n) is 11.1. The molecular formula is C36H29N4O7S2+. The second kappa shape index (κ2) is 12.5. The van der Waals surface area contributed by atoms with Crippen LogP contribution in [0.15, 0.2) is 131 Å². The highest BCUT2D eigenvalue weighted by Crippen LogP contribution is 2.38. The number of nitrogens with one attached hydrogen (secondary N) is 2. The molecule has 0 amide bonds. The Hall–Kier alpha value is -5.60. The van der Waals surface area contributed by atoms with Crippen molar-refractivity contribution in [3.63, 3.8) is 0 Å². The molecule has 7 rings (SSSR count). The maximum absolute atomic E-state index is 12.8. The van der Waals surface area contributed by atoms with Crippen molar-refractivity contribution in [3.8, 4) is 11.4 Å². The standard InChI is InChI=1S/C36H28N4O7S2/c1-2-47-26-16-9-13-24(19-26)38-29-20-31-28(22-34(29)49(44,45)46)39-36-27-17-10-18-33(48(41,42)43)35(27)30(37-23-11-5-3-6-12-23)21-32(36)40(31)25-14-7-4-8-15-25/h3-22H,2H2,1H3,(H3,37,38,41,42,43,44,45,46)/p+1. The van der Waals surface area contributed by atoms with Crippen molar-refractivity contribution in [3.05, 3.63) is 121 Å². The summed E-state index contributed by atoms with van der Waals surface area (Å²) < 4.78 is 79.2. The molecule has 0 saturated heterocycles. The van der Waals surface area contributed by atoms with Crippen LogP contribution in [0.2, 0.25) is 0 Å². The van der Waals surface area contributed by atoms with Gasteiger partial charge in [-0.2, -0.15) is 16.8 Å². The molecule has 11 nitrogen and oxygen atoms in total. The fourth-order valence-electron chi connectivity index (χ4n) is 5.93. The molecule has 0 radical (unpaired) electrons. The van der Waals surface area contributed by atoms with Crippen molar-refractivity contribution >= 4 is 75.8 Å². The lowest BCUT2D eigenvalue weighted by atomic mass is 10.0. The first kappa shape index (κ1) is 32.0. The van der Waals surface area contributed by atoms with Crippen LogP contribution in [-0.2, 0) is 20.2 Å². The zero-order valence-corrected chi connectivity index (χ0v) is 27.5. The Kier molecular flexibility index (Phi) is 8.12. The molecule has 0 fully saturated rings. The minimum atomic E-state index is -4.77. The van der Waals surface area contributed by atoms with Crippen molar-refractivity contribution in [2.24, 2.45) is 0 Å². The molecule has 6 aromatic carbocycles. The zero-order valence-electron chi connectivity index (χ0n) is 25.9. The van der Waals surface area contributed by atoms with E-state index in [-0.39, 0.29) is 21.5 Å².